The maximum Gasteiger partial charge on any atom is 0.249 e. The number of pyridine rings is 1. The third-order valence-electron chi connectivity index (χ3n) is 5.41. The first kappa shape index (κ1) is 23.4. The van der Waals surface area contributed by atoms with Crippen LogP contribution >= 0.6 is 0 Å². The van der Waals surface area contributed by atoms with Gasteiger partial charge in [-0.05, 0) is 38.3 Å². The average molecular weight is 445 g/mol. The standard InChI is InChI=1S/C22H32N6O4/c1-17(22(30)27-8-4-3-5-9-27)12-19-21(23)28(10-11-32-19)18-6-7-24-20(13-18)25-14-26(15-29)16-31-2/h6-7,12-13,15H,3-5,8-11,14,16,23H2,1-2H3,(H,24,25)/b17-12+. The number of hydrogen-bond acceptors (Lipinski definition) is 8. The Morgan fingerprint density at radius 3 is 2.84 bits per heavy atom. The monoisotopic (exact) mass is 444 g/mol. The number of ether oxygens (including phenoxy) is 2. The van der Waals surface area contributed by atoms with Gasteiger partial charge in [-0.2, -0.15) is 0 Å². The molecule has 0 aromatic carbocycles. The molecular formula is C22H32N6O4. The fraction of sp³-hybridized carbons (Fsp3) is 0.500. The van der Waals surface area contributed by atoms with Crippen molar-refractivity contribution in [2.75, 3.05) is 57.0 Å². The number of piperidine rings is 1. The van der Waals surface area contributed by atoms with E-state index in [0.717, 1.165) is 31.6 Å². The maximum absolute atomic E-state index is 12.7. The van der Waals surface area contributed by atoms with Gasteiger partial charge < -0.3 is 35.2 Å². The molecule has 0 bridgehead atoms. The quantitative estimate of drug-likeness (QED) is 0.334. The van der Waals surface area contributed by atoms with Gasteiger partial charge in [0.25, 0.3) is 0 Å². The first-order chi connectivity index (χ1) is 15.5. The number of nitrogens with one attached hydrogen (secondary N) is 1. The van der Waals surface area contributed by atoms with Crippen molar-refractivity contribution in [1.29, 1.82) is 0 Å². The summed E-state index contributed by atoms with van der Waals surface area (Å²) in [7, 11) is 1.52. The van der Waals surface area contributed by atoms with Crippen LogP contribution in [0, 0.1) is 0 Å². The van der Waals surface area contributed by atoms with Crippen LogP contribution in [0.4, 0.5) is 11.5 Å². The highest BCUT2D eigenvalue weighted by Gasteiger charge is 2.22. The normalized spacial score (nSPS) is 17.1. The van der Waals surface area contributed by atoms with E-state index in [9.17, 15) is 9.59 Å². The minimum absolute atomic E-state index is 0.0249. The van der Waals surface area contributed by atoms with Crippen molar-refractivity contribution in [3.63, 3.8) is 0 Å². The van der Waals surface area contributed by atoms with E-state index in [4.69, 9.17) is 15.2 Å². The molecule has 0 radical (unpaired) electrons. The number of rotatable bonds is 9. The topological polar surface area (TPSA) is 113 Å². The Morgan fingerprint density at radius 1 is 1.34 bits per heavy atom. The second kappa shape index (κ2) is 11.4. The predicted octanol–water partition coefficient (Wildman–Crippen LogP) is 1.44. The molecule has 0 spiro atoms. The molecule has 3 N–H and O–H groups in total. The SMILES string of the molecule is COCN(C=O)CNc1cc(N2CCOC(/C=C(\C)C(=O)N3CCCCC3)=C2N)ccn1. The van der Waals surface area contributed by atoms with Crippen LogP contribution in [-0.4, -0.2) is 73.9 Å². The number of nitrogens with two attached hydrogens (primary N) is 1. The van der Waals surface area contributed by atoms with Crippen molar-refractivity contribution in [3.8, 4) is 0 Å². The minimum atomic E-state index is 0.0249. The number of carbonyl (C=O) groups is 2. The molecule has 2 aliphatic heterocycles. The molecule has 32 heavy (non-hydrogen) atoms. The highest BCUT2D eigenvalue weighted by molar-refractivity contribution is 5.93. The third kappa shape index (κ3) is 5.91. The molecule has 1 aromatic heterocycles. The van der Waals surface area contributed by atoms with Crippen molar-refractivity contribution in [3.05, 3.63) is 41.6 Å². The zero-order valence-electron chi connectivity index (χ0n) is 18.7. The summed E-state index contributed by atoms with van der Waals surface area (Å²) in [4.78, 5) is 33.3. The Hall–Kier alpha value is -3.27. The second-order valence-electron chi connectivity index (χ2n) is 7.78. The van der Waals surface area contributed by atoms with Gasteiger partial charge in [-0.25, -0.2) is 4.98 Å². The highest BCUT2D eigenvalue weighted by Crippen LogP contribution is 2.25. The Kier molecular flexibility index (Phi) is 8.32. The van der Waals surface area contributed by atoms with Gasteiger partial charge >= 0.3 is 0 Å². The van der Waals surface area contributed by atoms with Gasteiger partial charge in [-0.15, -0.1) is 0 Å². The van der Waals surface area contributed by atoms with E-state index in [2.05, 4.69) is 10.3 Å². The first-order valence-corrected chi connectivity index (χ1v) is 10.8. The van der Waals surface area contributed by atoms with Crippen LogP contribution in [0.25, 0.3) is 0 Å². The number of hydrogen-bond donors (Lipinski definition) is 2. The molecule has 0 aliphatic carbocycles. The number of amides is 2. The van der Waals surface area contributed by atoms with Crippen molar-refractivity contribution >= 4 is 23.8 Å². The van der Waals surface area contributed by atoms with Crippen LogP contribution in [0.5, 0.6) is 0 Å². The fourth-order valence-corrected chi connectivity index (χ4v) is 3.71. The van der Waals surface area contributed by atoms with Crippen LogP contribution < -0.4 is 16.0 Å². The van der Waals surface area contributed by atoms with Crippen LogP contribution in [0.1, 0.15) is 26.2 Å². The van der Waals surface area contributed by atoms with Crippen molar-refractivity contribution in [2.45, 2.75) is 26.2 Å². The van der Waals surface area contributed by atoms with Crippen molar-refractivity contribution in [1.82, 2.24) is 14.8 Å². The Balaban J connectivity index is 1.73. The van der Waals surface area contributed by atoms with Gasteiger partial charge in [0.1, 0.15) is 25.0 Å². The van der Waals surface area contributed by atoms with E-state index in [1.165, 1.54) is 18.4 Å². The zero-order valence-corrected chi connectivity index (χ0v) is 18.7. The van der Waals surface area contributed by atoms with Crippen LogP contribution in [0.3, 0.4) is 0 Å². The lowest BCUT2D eigenvalue weighted by atomic mass is 10.1. The third-order valence-corrected chi connectivity index (χ3v) is 5.41. The molecule has 3 rings (SSSR count). The molecule has 10 heteroatoms. The van der Waals surface area contributed by atoms with E-state index in [1.54, 1.807) is 19.2 Å². The van der Waals surface area contributed by atoms with Gasteiger partial charge in [0, 0.05) is 43.7 Å². The summed E-state index contributed by atoms with van der Waals surface area (Å²) in [5.74, 6) is 1.54. The molecule has 1 aromatic rings. The molecule has 1 fully saturated rings. The summed E-state index contributed by atoms with van der Waals surface area (Å²) in [5.41, 5.74) is 7.85. The summed E-state index contributed by atoms with van der Waals surface area (Å²) in [6, 6.07) is 3.70. The van der Waals surface area contributed by atoms with Gasteiger partial charge in [0.2, 0.25) is 12.3 Å². The average Bonchev–Trinajstić information content (AvgIpc) is 2.83. The number of nitrogens with zero attached hydrogens (tertiary/aromatic N) is 4. The fourth-order valence-electron chi connectivity index (χ4n) is 3.71. The highest BCUT2D eigenvalue weighted by atomic mass is 16.5. The van der Waals surface area contributed by atoms with Gasteiger partial charge in [0.05, 0.1) is 13.2 Å². The molecule has 1 saturated heterocycles. The predicted molar refractivity (Wildman–Crippen MR) is 121 cm³/mol. The van der Waals surface area contributed by atoms with Gasteiger partial charge in [-0.3, -0.25) is 9.59 Å². The molecule has 174 valence electrons. The number of carbonyl (C=O) groups excluding carboxylic acids is 2. The number of methoxy groups -OCH3 is 1. The van der Waals surface area contributed by atoms with E-state index in [0.29, 0.717) is 42.5 Å². The van der Waals surface area contributed by atoms with Gasteiger partial charge in [-0.1, -0.05) is 0 Å². The molecule has 2 amide bonds. The number of aromatic nitrogens is 1. The summed E-state index contributed by atoms with van der Waals surface area (Å²) in [5, 5.41) is 3.10. The van der Waals surface area contributed by atoms with Crippen LogP contribution in [0.2, 0.25) is 0 Å². The maximum atomic E-state index is 12.7. The van der Waals surface area contributed by atoms with E-state index in [1.807, 2.05) is 21.9 Å². The largest absolute Gasteiger partial charge is 0.488 e. The summed E-state index contributed by atoms with van der Waals surface area (Å²) in [6.45, 7) is 4.83. The van der Waals surface area contributed by atoms with E-state index in [-0.39, 0.29) is 19.3 Å². The molecule has 0 saturated carbocycles. The molecule has 3 heterocycles. The zero-order chi connectivity index (χ0) is 22.9. The summed E-state index contributed by atoms with van der Waals surface area (Å²) in [6.07, 6.45) is 7.36. The Bertz CT molecular complexity index is 866. The Labute approximate surface area is 188 Å². The lowest BCUT2D eigenvalue weighted by Crippen LogP contribution is -2.37. The van der Waals surface area contributed by atoms with Crippen molar-refractivity contribution < 1.29 is 19.1 Å². The smallest absolute Gasteiger partial charge is 0.249 e. The molecule has 2 aliphatic rings. The molecular weight excluding hydrogens is 412 g/mol. The first-order valence-electron chi connectivity index (χ1n) is 10.8. The summed E-state index contributed by atoms with van der Waals surface area (Å²) < 4.78 is 10.7. The van der Waals surface area contributed by atoms with E-state index < -0.39 is 0 Å². The second-order valence-corrected chi connectivity index (χ2v) is 7.78. The minimum Gasteiger partial charge on any atom is -0.488 e. The lowest BCUT2D eigenvalue weighted by Gasteiger charge is -2.31. The molecule has 0 atom stereocenters. The van der Waals surface area contributed by atoms with Gasteiger partial charge in [0.15, 0.2) is 5.76 Å². The Morgan fingerprint density at radius 2 is 2.12 bits per heavy atom. The number of allylic oxidation sites excluding steroid dienone is 1. The van der Waals surface area contributed by atoms with Crippen LogP contribution in [-0.2, 0) is 19.1 Å². The lowest BCUT2D eigenvalue weighted by molar-refractivity contribution is -0.128. The molecule has 0 unspecified atom stereocenters. The number of anilines is 2. The van der Waals surface area contributed by atoms with Crippen LogP contribution in [0.15, 0.2) is 41.6 Å². The molecule has 10 nitrogen and oxygen atoms in total. The number of likely N-dealkylation sites (tertiary alicyclic amines) is 1. The van der Waals surface area contributed by atoms with E-state index >= 15 is 0 Å². The summed E-state index contributed by atoms with van der Waals surface area (Å²) >= 11 is 0. The van der Waals surface area contributed by atoms with Crippen molar-refractivity contribution in [2.24, 2.45) is 5.73 Å².